The lowest BCUT2D eigenvalue weighted by Gasteiger charge is -2.17. The Balaban J connectivity index is 1.99. The van der Waals surface area contributed by atoms with Crippen LogP contribution in [0.15, 0.2) is 47.8 Å². The molecule has 2 nitrogen and oxygen atoms in total. The van der Waals surface area contributed by atoms with Crippen molar-refractivity contribution < 1.29 is 5.11 Å². The number of aryl methyl sites for hydroxylation is 1. The van der Waals surface area contributed by atoms with E-state index < -0.39 is 0 Å². The van der Waals surface area contributed by atoms with E-state index in [0.717, 1.165) is 16.5 Å². The van der Waals surface area contributed by atoms with Gasteiger partial charge in [0.1, 0.15) is 5.75 Å². The fourth-order valence-electron chi connectivity index (χ4n) is 2.55. The van der Waals surface area contributed by atoms with E-state index in [1.165, 1.54) is 10.4 Å². The lowest BCUT2D eigenvalue weighted by Crippen LogP contribution is -2.06. The van der Waals surface area contributed by atoms with Crippen LogP contribution in [0.5, 0.6) is 5.75 Å². The van der Waals surface area contributed by atoms with Gasteiger partial charge in [0.05, 0.1) is 6.04 Å². The highest BCUT2D eigenvalue weighted by Gasteiger charge is 2.11. The van der Waals surface area contributed by atoms with E-state index in [4.69, 9.17) is 0 Å². The van der Waals surface area contributed by atoms with Gasteiger partial charge in [-0.05, 0) is 43.0 Å². The van der Waals surface area contributed by atoms with Crippen LogP contribution in [-0.4, -0.2) is 5.11 Å². The van der Waals surface area contributed by atoms with Gasteiger partial charge in [-0.15, -0.1) is 11.3 Å². The minimum absolute atomic E-state index is 0.253. The van der Waals surface area contributed by atoms with E-state index in [1.807, 2.05) is 24.3 Å². The second-order valence-corrected chi connectivity index (χ2v) is 5.96. The van der Waals surface area contributed by atoms with Crippen LogP contribution in [0.1, 0.15) is 23.4 Å². The number of fused-ring (bicyclic) bond motifs is 1. The summed E-state index contributed by atoms with van der Waals surface area (Å²) in [6.45, 7) is 4.30. The normalized spacial score (nSPS) is 12.5. The van der Waals surface area contributed by atoms with Gasteiger partial charge < -0.3 is 10.4 Å². The van der Waals surface area contributed by atoms with Gasteiger partial charge >= 0.3 is 0 Å². The van der Waals surface area contributed by atoms with E-state index >= 15 is 0 Å². The van der Waals surface area contributed by atoms with Crippen LogP contribution in [0.25, 0.3) is 10.8 Å². The Morgan fingerprint density at radius 2 is 1.80 bits per heavy atom. The summed E-state index contributed by atoms with van der Waals surface area (Å²) in [5.41, 5.74) is 2.37. The summed E-state index contributed by atoms with van der Waals surface area (Å²) in [6, 6.07) is 14.0. The third kappa shape index (κ3) is 2.25. The molecule has 1 atom stereocenters. The van der Waals surface area contributed by atoms with Crippen LogP contribution < -0.4 is 5.32 Å². The molecule has 2 aromatic carbocycles. The molecule has 3 aromatic rings. The van der Waals surface area contributed by atoms with Gasteiger partial charge in [-0.3, -0.25) is 0 Å². The van der Waals surface area contributed by atoms with Crippen LogP contribution in [0.2, 0.25) is 0 Å². The lowest BCUT2D eigenvalue weighted by molar-refractivity contribution is 0.481. The molecule has 0 fully saturated rings. The predicted molar refractivity (Wildman–Crippen MR) is 86.7 cm³/mol. The van der Waals surface area contributed by atoms with E-state index in [1.54, 1.807) is 17.4 Å². The summed E-state index contributed by atoms with van der Waals surface area (Å²) in [7, 11) is 0. The summed E-state index contributed by atoms with van der Waals surface area (Å²) >= 11 is 1.77. The van der Waals surface area contributed by atoms with Crippen molar-refractivity contribution in [2.24, 2.45) is 0 Å². The van der Waals surface area contributed by atoms with Gasteiger partial charge in [0, 0.05) is 21.3 Å². The monoisotopic (exact) mass is 283 g/mol. The SMILES string of the molecule is Cc1ccsc1C(C)Nc1cccc2c(O)cccc12. The molecule has 0 saturated carbocycles. The number of hydrogen-bond acceptors (Lipinski definition) is 3. The average Bonchev–Trinajstić information content (AvgIpc) is 2.86. The Kier molecular flexibility index (Phi) is 3.36. The van der Waals surface area contributed by atoms with Gasteiger partial charge in [-0.25, -0.2) is 0 Å². The summed E-state index contributed by atoms with van der Waals surface area (Å²) in [5.74, 6) is 0.325. The number of phenols is 1. The summed E-state index contributed by atoms with van der Waals surface area (Å²) in [5, 5.41) is 17.5. The Bertz CT molecular complexity index is 748. The highest BCUT2D eigenvalue weighted by molar-refractivity contribution is 7.10. The minimum Gasteiger partial charge on any atom is -0.507 e. The first kappa shape index (κ1) is 13.0. The third-order valence-corrected chi connectivity index (χ3v) is 4.77. The number of rotatable bonds is 3. The molecule has 0 amide bonds. The summed E-state index contributed by atoms with van der Waals surface area (Å²) in [4.78, 5) is 1.35. The van der Waals surface area contributed by atoms with Crippen molar-refractivity contribution in [3.05, 3.63) is 58.3 Å². The average molecular weight is 283 g/mol. The number of benzene rings is 2. The first-order valence-electron chi connectivity index (χ1n) is 6.68. The highest BCUT2D eigenvalue weighted by Crippen LogP contribution is 2.33. The molecule has 0 aliphatic carbocycles. The molecule has 0 bridgehead atoms. The van der Waals surface area contributed by atoms with Gasteiger partial charge in [0.2, 0.25) is 0 Å². The fourth-order valence-corrected chi connectivity index (χ4v) is 3.48. The maximum Gasteiger partial charge on any atom is 0.123 e. The second kappa shape index (κ2) is 5.17. The smallest absolute Gasteiger partial charge is 0.123 e. The van der Waals surface area contributed by atoms with E-state index in [2.05, 4.69) is 36.7 Å². The van der Waals surface area contributed by atoms with Crippen molar-refractivity contribution in [2.45, 2.75) is 19.9 Å². The quantitative estimate of drug-likeness (QED) is 0.702. The summed E-state index contributed by atoms with van der Waals surface area (Å²) in [6.07, 6.45) is 0. The maximum absolute atomic E-state index is 9.93. The molecular weight excluding hydrogens is 266 g/mol. The lowest BCUT2D eigenvalue weighted by atomic mass is 10.1. The molecule has 20 heavy (non-hydrogen) atoms. The van der Waals surface area contributed by atoms with Crippen molar-refractivity contribution in [1.29, 1.82) is 0 Å². The van der Waals surface area contributed by atoms with E-state index in [9.17, 15) is 5.11 Å². The summed E-state index contributed by atoms with van der Waals surface area (Å²) < 4.78 is 0. The van der Waals surface area contributed by atoms with Gasteiger partial charge in [0.15, 0.2) is 0 Å². The maximum atomic E-state index is 9.93. The Morgan fingerprint density at radius 1 is 1.05 bits per heavy atom. The van der Waals surface area contributed by atoms with Gasteiger partial charge in [-0.2, -0.15) is 0 Å². The van der Waals surface area contributed by atoms with Crippen LogP contribution in [-0.2, 0) is 0 Å². The number of anilines is 1. The standard InChI is InChI=1S/C17H17NOS/c1-11-9-10-20-17(11)12(2)18-15-7-3-6-14-13(15)5-4-8-16(14)19/h3-10,12,18-19H,1-2H3. The zero-order valence-electron chi connectivity index (χ0n) is 11.6. The van der Waals surface area contributed by atoms with Crippen molar-refractivity contribution in [1.82, 2.24) is 0 Å². The topological polar surface area (TPSA) is 32.3 Å². The predicted octanol–water partition coefficient (Wildman–Crippen LogP) is 5.09. The fraction of sp³-hybridized carbons (Fsp3) is 0.176. The van der Waals surface area contributed by atoms with E-state index in [-0.39, 0.29) is 6.04 Å². The van der Waals surface area contributed by atoms with Crippen LogP contribution in [0.3, 0.4) is 0 Å². The first-order valence-corrected chi connectivity index (χ1v) is 7.56. The molecule has 3 rings (SSSR count). The third-order valence-electron chi connectivity index (χ3n) is 3.57. The van der Waals surface area contributed by atoms with Gasteiger partial charge in [0.25, 0.3) is 0 Å². The van der Waals surface area contributed by atoms with E-state index in [0.29, 0.717) is 5.75 Å². The van der Waals surface area contributed by atoms with Crippen molar-refractivity contribution in [3.8, 4) is 5.75 Å². The zero-order valence-corrected chi connectivity index (χ0v) is 12.4. The molecule has 1 heterocycles. The molecule has 2 N–H and O–H groups in total. The molecule has 1 unspecified atom stereocenters. The molecule has 0 aliphatic heterocycles. The van der Waals surface area contributed by atoms with Crippen molar-refractivity contribution in [2.75, 3.05) is 5.32 Å². The van der Waals surface area contributed by atoms with Gasteiger partial charge in [-0.1, -0.05) is 24.3 Å². The van der Waals surface area contributed by atoms with Crippen LogP contribution >= 0.6 is 11.3 Å². The van der Waals surface area contributed by atoms with Crippen molar-refractivity contribution in [3.63, 3.8) is 0 Å². The molecule has 0 spiro atoms. The molecular formula is C17H17NOS. The molecule has 3 heteroatoms. The Labute approximate surface area is 122 Å². The number of phenolic OH excluding ortho intramolecular Hbond substituents is 1. The second-order valence-electron chi connectivity index (χ2n) is 5.01. The molecule has 0 radical (unpaired) electrons. The highest BCUT2D eigenvalue weighted by atomic mass is 32.1. The molecule has 1 aromatic heterocycles. The molecule has 0 saturated heterocycles. The zero-order chi connectivity index (χ0) is 14.1. The number of hydrogen-bond donors (Lipinski definition) is 2. The van der Waals surface area contributed by atoms with Crippen molar-refractivity contribution >= 4 is 27.8 Å². The number of nitrogens with one attached hydrogen (secondary N) is 1. The van der Waals surface area contributed by atoms with Crippen LogP contribution in [0, 0.1) is 6.92 Å². The Morgan fingerprint density at radius 3 is 2.55 bits per heavy atom. The van der Waals surface area contributed by atoms with Crippen LogP contribution in [0.4, 0.5) is 5.69 Å². The first-order chi connectivity index (χ1) is 9.66. The number of thiophene rings is 1. The molecule has 0 aliphatic rings. The minimum atomic E-state index is 0.253. The number of aromatic hydroxyl groups is 1. The molecule has 102 valence electrons. The largest absolute Gasteiger partial charge is 0.507 e. The Hall–Kier alpha value is -2.00.